The van der Waals surface area contributed by atoms with E-state index in [1.165, 1.54) is 19.3 Å². The monoisotopic (exact) mass is 247 g/mol. The van der Waals surface area contributed by atoms with Gasteiger partial charge >= 0.3 is 0 Å². The average Bonchev–Trinajstić information content (AvgIpc) is 2.51. The van der Waals surface area contributed by atoms with Gasteiger partial charge < -0.3 is 0 Å². The second kappa shape index (κ2) is 3.37. The molecule has 1 heterocycles. The second-order valence-electron chi connectivity index (χ2n) is 7.31. The predicted octanol–water partition coefficient (Wildman–Crippen LogP) is 2.35. The summed E-state index contributed by atoms with van der Waals surface area (Å²) in [5, 5.41) is 0. The molecule has 1 unspecified atom stereocenters. The summed E-state index contributed by atoms with van der Waals surface area (Å²) in [6, 6.07) is 0. The van der Waals surface area contributed by atoms with Crippen molar-refractivity contribution in [1.29, 1.82) is 0 Å². The van der Waals surface area contributed by atoms with E-state index in [0.29, 0.717) is 6.42 Å². The van der Waals surface area contributed by atoms with E-state index < -0.39 is 0 Å². The van der Waals surface area contributed by atoms with Crippen LogP contribution in [-0.2, 0) is 9.59 Å². The molecule has 4 saturated carbocycles. The van der Waals surface area contributed by atoms with Crippen molar-refractivity contribution in [3.8, 4) is 0 Å². The molecular weight excluding hydrogens is 226 g/mol. The molecule has 3 heteroatoms. The number of likely N-dealkylation sites (tertiary alicyclic amines) is 1. The zero-order chi connectivity index (χ0) is 12.5. The molecule has 0 aromatic heterocycles. The van der Waals surface area contributed by atoms with Crippen molar-refractivity contribution >= 4 is 11.8 Å². The van der Waals surface area contributed by atoms with Crippen LogP contribution >= 0.6 is 0 Å². The molecule has 3 nitrogen and oxygen atoms in total. The fourth-order valence-electron chi connectivity index (χ4n) is 5.62. The van der Waals surface area contributed by atoms with Crippen molar-refractivity contribution < 1.29 is 9.59 Å². The molecule has 2 amide bonds. The fourth-order valence-corrected chi connectivity index (χ4v) is 5.62. The number of nitrogens with zero attached hydrogens (tertiary/aromatic N) is 1. The highest BCUT2D eigenvalue weighted by Crippen LogP contribution is 2.58. The van der Waals surface area contributed by atoms with Crippen molar-refractivity contribution in [3.63, 3.8) is 0 Å². The van der Waals surface area contributed by atoms with Gasteiger partial charge in [-0.3, -0.25) is 14.5 Å². The molecular formula is C15H21NO2. The van der Waals surface area contributed by atoms with Crippen LogP contribution in [0.1, 0.15) is 51.9 Å². The summed E-state index contributed by atoms with van der Waals surface area (Å²) < 4.78 is 0. The molecule has 1 aliphatic heterocycles. The maximum Gasteiger partial charge on any atom is 0.233 e. The van der Waals surface area contributed by atoms with E-state index in [1.54, 1.807) is 4.90 Å². The zero-order valence-corrected chi connectivity index (χ0v) is 11.0. The summed E-state index contributed by atoms with van der Waals surface area (Å²) in [4.78, 5) is 26.3. The summed E-state index contributed by atoms with van der Waals surface area (Å²) in [7, 11) is 0. The molecule has 1 saturated heterocycles. The van der Waals surface area contributed by atoms with Crippen LogP contribution in [0.3, 0.4) is 0 Å². The van der Waals surface area contributed by atoms with Gasteiger partial charge in [0, 0.05) is 12.3 Å². The summed E-state index contributed by atoms with van der Waals surface area (Å²) in [6.45, 7) is 1.90. The molecule has 0 radical (unpaired) electrons. The molecule has 0 aromatic carbocycles. The normalized spacial score (nSPS) is 50.4. The minimum absolute atomic E-state index is 0.0618. The molecule has 5 rings (SSSR count). The van der Waals surface area contributed by atoms with E-state index in [-0.39, 0.29) is 23.3 Å². The molecule has 0 N–H and O–H groups in total. The smallest absolute Gasteiger partial charge is 0.233 e. The van der Waals surface area contributed by atoms with E-state index in [4.69, 9.17) is 0 Å². The Labute approximate surface area is 108 Å². The van der Waals surface area contributed by atoms with Crippen LogP contribution < -0.4 is 0 Å². The van der Waals surface area contributed by atoms with Gasteiger partial charge in [0.2, 0.25) is 11.8 Å². The highest BCUT2D eigenvalue weighted by molar-refractivity contribution is 6.04. The van der Waals surface area contributed by atoms with Gasteiger partial charge in [0.1, 0.15) is 0 Å². The zero-order valence-electron chi connectivity index (χ0n) is 11.0. The van der Waals surface area contributed by atoms with Crippen LogP contribution in [0.5, 0.6) is 0 Å². The number of carbonyl (C=O) groups is 2. The first-order chi connectivity index (χ1) is 8.57. The van der Waals surface area contributed by atoms with Gasteiger partial charge in [-0.05, 0) is 56.3 Å². The number of imide groups is 1. The van der Waals surface area contributed by atoms with Crippen LogP contribution in [0.2, 0.25) is 0 Å². The van der Waals surface area contributed by atoms with Gasteiger partial charge in [-0.15, -0.1) is 0 Å². The molecule has 5 fully saturated rings. The minimum Gasteiger partial charge on any atom is -0.276 e. The third kappa shape index (κ3) is 1.31. The fraction of sp³-hybridized carbons (Fsp3) is 0.867. The third-order valence-corrected chi connectivity index (χ3v) is 5.85. The summed E-state index contributed by atoms with van der Waals surface area (Å²) in [5.74, 6) is 2.50. The quantitative estimate of drug-likeness (QED) is 0.667. The van der Waals surface area contributed by atoms with Crippen LogP contribution in [0, 0.1) is 23.7 Å². The molecule has 18 heavy (non-hydrogen) atoms. The Bertz CT molecular complexity index is 393. The molecule has 1 atom stereocenters. The highest BCUT2D eigenvalue weighted by Gasteiger charge is 2.58. The Balaban J connectivity index is 1.71. The lowest BCUT2D eigenvalue weighted by molar-refractivity contribution is -0.158. The van der Waals surface area contributed by atoms with Gasteiger partial charge in [0.25, 0.3) is 0 Å². The SMILES string of the molecule is CC1CC(=O)N(C23CC4CC(CC(C4)C2)C3)C1=O. The Kier molecular flexibility index (Phi) is 2.06. The number of amides is 2. The number of hydrogen-bond donors (Lipinski definition) is 0. The minimum atomic E-state index is -0.0782. The largest absolute Gasteiger partial charge is 0.276 e. The molecule has 0 aromatic rings. The van der Waals surface area contributed by atoms with Crippen molar-refractivity contribution in [2.24, 2.45) is 23.7 Å². The first-order valence-corrected chi connectivity index (χ1v) is 7.44. The van der Waals surface area contributed by atoms with Crippen LogP contribution in [0.15, 0.2) is 0 Å². The first kappa shape index (κ1) is 11.0. The van der Waals surface area contributed by atoms with E-state index in [9.17, 15) is 9.59 Å². The standard InChI is InChI=1S/C15H21NO2/c1-9-2-13(17)16(14(9)18)15-6-10-3-11(7-15)5-12(4-10)8-15/h9-12H,2-8H2,1H3. The summed E-state index contributed by atoms with van der Waals surface area (Å²) >= 11 is 0. The first-order valence-electron chi connectivity index (χ1n) is 7.44. The maximum atomic E-state index is 12.3. The van der Waals surface area contributed by atoms with Gasteiger partial charge in [0.15, 0.2) is 0 Å². The maximum absolute atomic E-state index is 12.3. The van der Waals surface area contributed by atoms with Crippen molar-refractivity contribution in [1.82, 2.24) is 4.90 Å². The van der Waals surface area contributed by atoms with Crippen LogP contribution in [0.25, 0.3) is 0 Å². The summed E-state index contributed by atoms with van der Waals surface area (Å²) in [6.07, 6.45) is 7.80. The summed E-state index contributed by atoms with van der Waals surface area (Å²) in [5.41, 5.74) is -0.0618. The molecule has 4 bridgehead atoms. The van der Waals surface area contributed by atoms with Crippen LogP contribution in [-0.4, -0.2) is 22.3 Å². The lowest BCUT2D eigenvalue weighted by atomic mass is 9.52. The lowest BCUT2D eigenvalue weighted by Gasteiger charge is -2.59. The molecule has 98 valence electrons. The van der Waals surface area contributed by atoms with Gasteiger partial charge in [-0.25, -0.2) is 0 Å². The predicted molar refractivity (Wildman–Crippen MR) is 66.5 cm³/mol. The van der Waals surface area contributed by atoms with Gasteiger partial charge in [-0.1, -0.05) is 6.92 Å². The Morgan fingerprint density at radius 2 is 1.50 bits per heavy atom. The van der Waals surface area contributed by atoms with Crippen LogP contribution in [0.4, 0.5) is 0 Å². The third-order valence-electron chi connectivity index (χ3n) is 5.85. The molecule has 5 aliphatic rings. The van der Waals surface area contributed by atoms with Gasteiger partial charge in [-0.2, -0.15) is 0 Å². The van der Waals surface area contributed by atoms with Crippen molar-refractivity contribution in [3.05, 3.63) is 0 Å². The number of hydrogen-bond acceptors (Lipinski definition) is 2. The molecule has 0 spiro atoms. The van der Waals surface area contributed by atoms with E-state index in [1.807, 2.05) is 6.92 Å². The average molecular weight is 247 g/mol. The van der Waals surface area contributed by atoms with Crippen molar-refractivity contribution in [2.45, 2.75) is 57.4 Å². The van der Waals surface area contributed by atoms with E-state index in [0.717, 1.165) is 37.0 Å². The number of carbonyl (C=O) groups excluding carboxylic acids is 2. The lowest BCUT2D eigenvalue weighted by Crippen LogP contribution is -2.61. The van der Waals surface area contributed by atoms with Crippen molar-refractivity contribution in [2.75, 3.05) is 0 Å². The second-order valence-corrected chi connectivity index (χ2v) is 7.31. The number of rotatable bonds is 1. The van der Waals surface area contributed by atoms with E-state index in [2.05, 4.69) is 0 Å². The molecule has 4 aliphatic carbocycles. The Hall–Kier alpha value is -0.860. The highest BCUT2D eigenvalue weighted by atomic mass is 16.2. The van der Waals surface area contributed by atoms with E-state index >= 15 is 0 Å². The Morgan fingerprint density at radius 1 is 1.00 bits per heavy atom. The topological polar surface area (TPSA) is 37.4 Å². The van der Waals surface area contributed by atoms with Gasteiger partial charge in [0.05, 0.1) is 5.54 Å². The Morgan fingerprint density at radius 3 is 1.89 bits per heavy atom.